The molecule has 0 radical (unpaired) electrons. The predicted octanol–water partition coefficient (Wildman–Crippen LogP) is 1.26. The number of piperazine rings is 1. The fourth-order valence-corrected chi connectivity index (χ4v) is 2.23. The molecule has 0 aromatic carbocycles. The number of imidazole rings is 1. The van der Waals surface area contributed by atoms with E-state index in [0.29, 0.717) is 6.04 Å². The van der Waals surface area contributed by atoms with Crippen LogP contribution in [0.4, 0.5) is 5.95 Å². The lowest BCUT2D eigenvalue weighted by atomic mass is 10.2. The normalized spacial score (nSPS) is 21.4. The van der Waals surface area contributed by atoms with Crippen LogP contribution in [0.1, 0.15) is 26.5 Å². The van der Waals surface area contributed by atoms with Gasteiger partial charge in [0.25, 0.3) is 0 Å². The fraction of sp³-hybridized carbons (Fsp3) is 0.750. The van der Waals surface area contributed by atoms with Crippen LogP contribution in [-0.4, -0.2) is 35.2 Å². The molecule has 16 heavy (non-hydrogen) atoms. The van der Waals surface area contributed by atoms with Crippen molar-refractivity contribution in [3.05, 3.63) is 11.9 Å². The number of nitrogens with zero attached hydrogens (tertiary/aromatic N) is 3. The summed E-state index contributed by atoms with van der Waals surface area (Å²) in [6.45, 7) is 10.7. The molecule has 0 spiro atoms. The quantitative estimate of drug-likeness (QED) is 0.836. The van der Waals surface area contributed by atoms with Gasteiger partial charge in [-0.15, -0.1) is 0 Å². The average molecular weight is 222 g/mol. The zero-order valence-corrected chi connectivity index (χ0v) is 10.5. The first-order valence-electron chi connectivity index (χ1n) is 6.29. The molecule has 1 N–H and O–H groups in total. The molecule has 0 aliphatic carbocycles. The van der Waals surface area contributed by atoms with Gasteiger partial charge >= 0.3 is 0 Å². The van der Waals surface area contributed by atoms with Gasteiger partial charge in [0, 0.05) is 38.4 Å². The molecule has 0 amide bonds. The second kappa shape index (κ2) is 4.87. The molecule has 1 aromatic rings. The van der Waals surface area contributed by atoms with E-state index in [4.69, 9.17) is 4.98 Å². The highest BCUT2D eigenvalue weighted by Gasteiger charge is 2.20. The van der Waals surface area contributed by atoms with E-state index < -0.39 is 0 Å². The topological polar surface area (TPSA) is 33.1 Å². The summed E-state index contributed by atoms with van der Waals surface area (Å²) in [5.41, 5.74) is 1.20. The molecular weight excluding hydrogens is 200 g/mol. The summed E-state index contributed by atoms with van der Waals surface area (Å²) in [5.74, 6) is 1.15. The second-order valence-electron chi connectivity index (χ2n) is 4.47. The summed E-state index contributed by atoms with van der Waals surface area (Å²) >= 11 is 0. The molecule has 1 saturated heterocycles. The Kier molecular flexibility index (Phi) is 3.49. The van der Waals surface area contributed by atoms with E-state index in [1.807, 2.05) is 0 Å². The Labute approximate surface area is 97.7 Å². The van der Waals surface area contributed by atoms with E-state index in [2.05, 4.69) is 41.8 Å². The molecule has 1 aromatic heterocycles. The van der Waals surface area contributed by atoms with Crippen molar-refractivity contribution in [2.45, 2.75) is 39.8 Å². The van der Waals surface area contributed by atoms with E-state index in [1.54, 1.807) is 0 Å². The third-order valence-corrected chi connectivity index (χ3v) is 3.16. The molecule has 1 fully saturated rings. The first-order valence-corrected chi connectivity index (χ1v) is 6.29. The molecule has 1 aliphatic rings. The maximum atomic E-state index is 4.72. The van der Waals surface area contributed by atoms with Crippen molar-refractivity contribution in [1.29, 1.82) is 0 Å². The van der Waals surface area contributed by atoms with Gasteiger partial charge in [-0.1, -0.05) is 6.92 Å². The van der Waals surface area contributed by atoms with Gasteiger partial charge in [0.1, 0.15) is 0 Å². The summed E-state index contributed by atoms with van der Waals surface area (Å²) in [6, 6.07) is 0.556. The maximum Gasteiger partial charge on any atom is 0.205 e. The van der Waals surface area contributed by atoms with Gasteiger partial charge < -0.3 is 14.8 Å². The summed E-state index contributed by atoms with van der Waals surface area (Å²) in [5, 5.41) is 3.46. The van der Waals surface area contributed by atoms with Crippen LogP contribution in [0.2, 0.25) is 0 Å². The zero-order chi connectivity index (χ0) is 11.5. The SMILES string of the molecule is CCc1cn(CC)c(N2CCN[C@@H](C)C2)n1. The van der Waals surface area contributed by atoms with Crippen LogP contribution in [0.25, 0.3) is 0 Å². The monoisotopic (exact) mass is 222 g/mol. The highest BCUT2D eigenvalue weighted by molar-refractivity contribution is 5.35. The summed E-state index contributed by atoms with van der Waals surface area (Å²) in [4.78, 5) is 7.11. The van der Waals surface area contributed by atoms with Gasteiger partial charge in [-0.2, -0.15) is 0 Å². The Morgan fingerprint density at radius 3 is 2.94 bits per heavy atom. The maximum absolute atomic E-state index is 4.72. The second-order valence-corrected chi connectivity index (χ2v) is 4.47. The highest BCUT2D eigenvalue weighted by atomic mass is 15.3. The van der Waals surface area contributed by atoms with E-state index in [9.17, 15) is 0 Å². The Morgan fingerprint density at radius 1 is 1.50 bits per heavy atom. The van der Waals surface area contributed by atoms with E-state index in [1.165, 1.54) is 5.69 Å². The molecule has 90 valence electrons. The average Bonchev–Trinajstić information content (AvgIpc) is 2.72. The number of hydrogen-bond acceptors (Lipinski definition) is 3. The number of aryl methyl sites for hydroxylation is 2. The number of rotatable bonds is 3. The number of hydrogen-bond donors (Lipinski definition) is 1. The van der Waals surface area contributed by atoms with Crippen molar-refractivity contribution in [3.63, 3.8) is 0 Å². The minimum Gasteiger partial charge on any atom is -0.339 e. The van der Waals surface area contributed by atoms with E-state index >= 15 is 0 Å². The molecule has 4 heteroatoms. The van der Waals surface area contributed by atoms with Crippen LogP contribution < -0.4 is 10.2 Å². The molecule has 0 saturated carbocycles. The summed E-state index contributed by atoms with van der Waals surface area (Å²) < 4.78 is 2.26. The van der Waals surface area contributed by atoms with Crippen molar-refractivity contribution in [1.82, 2.24) is 14.9 Å². The van der Waals surface area contributed by atoms with Crippen molar-refractivity contribution in [2.75, 3.05) is 24.5 Å². The van der Waals surface area contributed by atoms with Crippen molar-refractivity contribution >= 4 is 5.95 Å². The molecule has 2 rings (SSSR count). The molecule has 1 aliphatic heterocycles. The van der Waals surface area contributed by atoms with E-state index in [-0.39, 0.29) is 0 Å². The molecule has 4 nitrogen and oxygen atoms in total. The predicted molar refractivity (Wildman–Crippen MR) is 67.0 cm³/mol. The zero-order valence-electron chi connectivity index (χ0n) is 10.5. The lowest BCUT2D eigenvalue weighted by molar-refractivity contribution is 0.474. The van der Waals surface area contributed by atoms with Gasteiger partial charge in [0.15, 0.2) is 0 Å². The molecule has 2 heterocycles. The lowest BCUT2D eigenvalue weighted by Gasteiger charge is -2.32. The lowest BCUT2D eigenvalue weighted by Crippen LogP contribution is -2.50. The van der Waals surface area contributed by atoms with Gasteiger partial charge in [-0.05, 0) is 20.3 Å². The smallest absolute Gasteiger partial charge is 0.205 e. The number of aromatic nitrogens is 2. The molecule has 0 bridgehead atoms. The largest absolute Gasteiger partial charge is 0.339 e. The van der Waals surface area contributed by atoms with Crippen LogP contribution >= 0.6 is 0 Å². The Hall–Kier alpha value is -1.03. The van der Waals surface area contributed by atoms with Crippen LogP contribution in [0, 0.1) is 0 Å². The highest BCUT2D eigenvalue weighted by Crippen LogP contribution is 2.16. The third kappa shape index (κ3) is 2.21. The standard InChI is InChI=1S/C12H22N4/c1-4-11-9-15(5-2)12(14-11)16-7-6-13-10(3)8-16/h9-10,13H,4-8H2,1-3H3/t10-/m0/s1. The Balaban J connectivity index is 2.20. The van der Waals surface area contributed by atoms with Crippen LogP contribution in [-0.2, 0) is 13.0 Å². The third-order valence-electron chi connectivity index (χ3n) is 3.16. The Morgan fingerprint density at radius 2 is 2.31 bits per heavy atom. The Bertz CT molecular complexity index is 345. The minimum atomic E-state index is 0.556. The van der Waals surface area contributed by atoms with Crippen LogP contribution in [0.5, 0.6) is 0 Å². The number of anilines is 1. The summed E-state index contributed by atoms with van der Waals surface area (Å²) in [7, 11) is 0. The minimum absolute atomic E-state index is 0.556. The van der Waals surface area contributed by atoms with Gasteiger partial charge in [-0.3, -0.25) is 0 Å². The van der Waals surface area contributed by atoms with E-state index in [0.717, 1.165) is 38.5 Å². The van der Waals surface area contributed by atoms with Crippen molar-refractivity contribution in [3.8, 4) is 0 Å². The first kappa shape index (κ1) is 11.5. The van der Waals surface area contributed by atoms with Gasteiger partial charge in [0.2, 0.25) is 5.95 Å². The first-order chi connectivity index (χ1) is 7.74. The van der Waals surface area contributed by atoms with Crippen LogP contribution in [0.3, 0.4) is 0 Å². The van der Waals surface area contributed by atoms with Crippen molar-refractivity contribution in [2.24, 2.45) is 0 Å². The van der Waals surface area contributed by atoms with Crippen molar-refractivity contribution < 1.29 is 0 Å². The molecule has 1 atom stereocenters. The summed E-state index contributed by atoms with van der Waals surface area (Å²) in [6.07, 6.45) is 3.20. The molecule has 0 unspecified atom stereocenters. The molecular formula is C12H22N4. The van der Waals surface area contributed by atoms with Gasteiger partial charge in [-0.25, -0.2) is 4.98 Å². The van der Waals surface area contributed by atoms with Gasteiger partial charge in [0.05, 0.1) is 5.69 Å². The number of nitrogens with one attached hydrogen (secondary N) is 1. The fourth-order valence-electron chi connectivity index (χ4n) is 2.23. The van der Waals surface area contributed by atoms with Crippen LogP contribution in [0.15, 0.2) is 6.20 Å².